The van der Waals surface area contributed by atoms with Gasteiger partial charge in [0.15, 0.2) is 5.69 Å². The van der Waals surface area contributed by atoms with Crippen LogP contribution >= 0.6 is 23.4 Å². The number of halogens is 1. The molecule has 24 heavy (non-hydrogen) atoms. The Hall–Kier alpha value is -1.98. The molecule has 1 aromatic heterocycles. The second-order valence-electron chi connectivity index (χ2n) is 5.93. The summed E-state index contributed by atoms with van der Waals surface area (Å²) in [5, 5.41) is 20.9. The number of thioether (sulfide) groups is 1. The Labute approximate surface area is 149 Å². The molecule has 0 radical (unpaired) electrons. The van der Waals surface area contributed by atoms with Crippen molar-refractivity contribution in [2.24, 2.45) is 10.2 Å². The Kier molecular flexibility index (Phi) is 3.98. The number of fused-ring (bicyclic) bond motifs is 1. The topological polar surface area (TPSA) is 49.9 Å². The molecule has 4 nitrogen and oxygen atoms in total. The van der Waals surface area contributed by atoms with E-state index in [1.54, 1.807) is 24.3 Å². The Morgan fingerprint density at radius 1 is 1.12 bits per heavy atom. The van der Waals surface area contributed by atoms with Gasteiger partial charge in [0.1, 0.15) is 0 Å². The van der Waals surface area contributed by atoms with Gasteiger partial charge in [0, 0.05) is 21.9 Å². The van der Waals surface area contributed by atoms with Gasteiger partial charge in [-0.3, -0.25) is 0 Å². The highest BCUT2D eigenvalue weighted by Crippen LogP contribution is 2.45. The van der Waals surface area contributed by atoms with E-state index < -0.39 is 0 Å². The van der Waals surface area contributed by atoms with Crippen LogP contribution in [0.25, 0.3) is 10.9 Å². The van der Waals surface area contributed by atoms with Crippen molar-refractivity contribution in [3.8, 4) is 5.88 Å². The number of aromatic hydroxyl groups is 1. The van der Waals surface area contributed by atoms with Gasteiger partial charge >= 0.3 is 0 Å². The molecule has 1 aliphatic rings. The van der Waals surface area contributed by atoms with Crippen LogP contribution in [0.5, 0.6) is 5.88 Å². The minimum absolute atomic E-state index is 0.193. The fourth-order valence-corrected chi connectivity index (χ4v) is 3.72. The summed E-state index contributed by atoms with van der Waals surface area (Å²) >= 11 is 7.78. The lowest BCUT2D eigenvalue weighted by Crippen LogP contribution is -2.22. The average molecular weight is 358 g/mol. The summed E-state index contributed by atoms with van der Waals surface area (Å²) in [7, 11) is 0. The van der Waals surface area contributed by atoms with Crippen LogP contribution in [-0.4, -0.2) is 21.2 Å². The van der Waals surface area contributed by atoms with Gasteiger partial charge in [-0.1, -0.05) is 23.2 Å². The number of rotatable bonds is 3. The van der Waals surface area contributed by atoms with Gasteiger partial charge in [-0.2, -0.15) is 16.9 Å². The minimum atomic E-state index is 0.193. The number of aromatic nitrogens is 1. The largest absolute Gasteiger partial charge is 0.493 e. The first-order valence-electron chi connectivity index (χ1n) is 7.72. The van der Waals surface area contributed by atoms with E-state index in [0.717, 1.165) is 28.0 Å². The third-order valence-electron chi connectivity index (χ3n) is 4.18. The van der Waals surface area contributed by atoms with Crippen LogP contribution in [0, 0.1) is 6.92 Å². The van der Waals surface area contributed by atoms with E-state index in [-0.39, 0.29) is 5.88 Å². The summed E-state index contributed by atoms with van der Waals surface area (Å²) in [4.78, 5) is 0. The molecule has 0 unspecified atom stereocenters. The zero-order valence-corrected chi connectivity index (χ0v) is 14.7. The number of azo groups is 1. The first-order valence-corrected chi connectivity index (χ1v) is 9.25. The zero-order valence-electron chi connectivity index (χ0n) is 13.1. The van der Waals surface area contributed by atoms with Crippen molar-refractivity contribution >= 4 is 45.6 Å². The van der Waals surface area contributed by atoms with Gasteiger partial charge < -0.3 is 9.67 Å². The maximum Gasteiger partial charge on any atom is 0.221 e. The van der Waals surface area contributed by atoms with Crippen LogP contribution in [0.2, 0.25) is 5.02 Å². The number of hydrogen-bond donors (Lipinski definition) is 1. The molecule has 0 aliphatic carbocycles. The second kappa shape index (κ2) is 6.15. The normalized spacial score (nSPS) is 15.2. The molecule has 2 heterocycles. The van der Waals surface area contributed by atoms with Crippen molar-refractivity contribution in [2.75, 3.05) is 11.5 Å². The van der Waals surface area contributed by atoms with Crippen molar-refractivity contribution in [2.45, 2.75) is 13.0 Å². The van der Waals surface area contributed by atoms with E-state index in [0.29, 0.717) is 22.4 Å². The lowest BCUT2D eigenvalue weighted by atomic mass is 10.1. The summed E-state index contributed by atoms with van der Waals surface area (Å²) in [5.74, 6) is 2.22. The zero-order chi connectivity index (χ0) is 16.7. The van der Waals surface area contributed by atoms with E-state index >= 15 is 0 Å². The summed E-state index contributed by atoms with van der Waals surface area (Å²) in [5.41, 5.74) is 3.37. The van der Waals surface area contributed by atoms with Crippen molar-refractivity contribution in [1.82, 2.24) is 4.57 Å². The second-order valence-corrected chi connectivity index (χ2v) is 7.44. The Balaban J connectivity index is 1.83. The lowest BCUT2D eigenvalue weighted by Gasteiger charge is -2.27. The highest BCUT2D eigenvalue weighted by Gasteiger charge is 2.27. The maximum atomic E-state index is 10.7. The third kappa shape index (κ3) is 2.68. The monoisotopic (exact) mass is 357 g/mol. The molecular weight excluding hydrogens is 342 g/mol. The van der Waals surface area contributed by atoms with Crippen molar-refractivity contribution in [1.29, 1.82) is 0 Å². The summed E-state index contributed by atoms with van der Waals surface area (Å²) in [6.45, 7) is 2.03. The third-order valence-corrected chi connectivity index (χ3v) is 5.68. The first kappa shape index (κ1) is 15.5. The minimum Gasteiger partial charge on any atom is -0.493 e. The first-order chi connectivity index (χ1) is 11.6. The van der Waals surface area contributed by atoms with Gasteiger partial charge in [-0.05, 0) is 43.3 Å². The Morgan fingerprint density at radius 3 is 2.54 bits per heavy atom. The summed E-state index contributed by atoms with van der Waals surface area (Å²) in [6, 6.07) is 13.6. The molecule has 0 amide bonds. The average Bonchev–Trinajstić information content (AvgIpc) is 2.78. The fourth-order valence-electron chi connectivity index (χ4n) is 2.85. The van der Waals surface area contributed by atoms with E-state index in [4.69, 9.17) is 11.6 Å². The molecule has 0 saturated carbocycles. The number of nitrogens with zero attached hydrogens (tertiary/aromatic N) is 3. The molecule has 1 N–H and O–H groups in total. The standard InChI is InChI=1S/C18H16ClN3OS/c1-11-2-7-16-15(8-11)17(18(23)22(16)14-9-24-10-14)21-20-13-5-3-12(19)4-6-13/h2-8,14,23H,9-10H2,1H3. The molecule has 0 atom stereocenters. The SMILES string of the molecule is Cc1ccc2c(c1)c(N=Nc1ccc(Cl)cc1)c(O)n2C1CSC1. The van der Waals surface area contributed by atoms with Gasteiger partial charge in [-0.15, -0.1) is 5.11 Å². The summed E-state index contributed by atoms with van der Waals surface area (Å²) in [6.07, 6.45) is 0. The van der Waals surface area contributed by atoms with E-state index in [1.165, 1.54) is 0 Å². The highest BCUT2D eigenvalue weighted by molar-refractivity contribution is 8.00. The Morgan fingerprint density at radius 2 is 1.88 bits per heavy atom. The molecule has 1 saturated heterocycles. The van der Waals surface area contributed by atoms with Crippen LogP contribution in [-0.2, 0) is 0 Å². The molecular formula is C18H16ClN3OS. The predicted molar refractivity (Wildman–Crippen MR) is 100 cm³/mol. The molecule has 122 valence electrons. The van der Waals surface area contributed by atoms with E-state index in [2.05, 4.69) is 22.4 Å². The maximum absolute atomic E-state index is 10.7. The van der Waals surface area contributed by atoms with Crippen molar-refractivity contribution in [3.63, 3.8) is 0 Å². The van der Waals surface area contributed by atoms with E-state index in [9.17, 15) is 5.11 Å². The van der Waals surface area contributed by atoms with Gasteiger partial charge in [0.25, 0.3) is 0 Å². The molecule has 3 aromatic rings. The molecule has 2 aromatic carbocycles. The fraction of sp³-hybridized carbons (Fsp3) is 0.222. The van der Waals surface area contributed by atoms with Crippen LogP contribution in [0.15, 0.2) is 52.7 Å². The van der Waals surface area contributed by atoms with Crippen molar-refractivity contribution in [3.05, 3.63) is 53.1 Å². The smallest absolute Gasteiger partial charge is 0.221 e. The van der Waals surface area contributed by atoms with Crippen LogP contribution in [0.4, 0.5) is 11.4 Å². The number of aryl methyl sites for hydroxylation is 1. The Bertz CT molecular complexity index is 930. The molecule has 1 aliphatic heterocycles. The van der Waals surface area contributed by atoms with Crippen LogP contribution in [0.1, 0.15) is 11.6 Å². The number of hydrogen-bond acceptors (Lipinski definition) is 4. The predicted octanol–water partition coefficient (Wildman–Crippen LogP) is 6.01. The van der Waals surface area contributed by atoms with Crippen molar-refractivity contribution < 1.29 is 5.11 Å². The summed E-state index contributed by atoms with van der Waals surface area (Å²) < 4.78 is 1.99. The molecule has 4 rings (SSSR count). The van der Waals surface area contributed by atoms with Crippen LogP contribution < -0.4 is 0 Å². The molecule has 0 spiro atoms. The van der Waals surface area contributed by atoms with Gasteiger partial charge in [0.05, 0.1) is 17.2 Å². The molecule has 1 fully saturated rings. The van der Waals surface area contributed by atoms with E-state index in [1.807, 2.05) is 29.3 Å². The van der Waals surface area contributed by atoms with Gasteiger partial charge in [0.2, 0.25) is 5.88 Å². The highest BCUT2D eigenvalue weighted by atomic mass is 35.5. The molecule has 6 heteroatoms. The quantitative estimate of drug-likeness (QED) is 0.583. The number of benzene rings is 2. The van der Waals surface area contributed by atoms with Crippen LogP contribution in [0.3, 0.4) is 0 Å². The lowest BCUT2D eigenvalue weighted by molar-refractivity contribution is 0.406. The molecule has 0 bridgehead atoms. The van der Waals surface area contributed by atoms with Gasteiger partial charge in [-0.25, -0.2) is 0 Å².